The first-order valence-corrected chi connectivity index (χ1v) is 4.63. The third kappa shape index (κ3) is 1.53. The fourth-order valence-electron chi connectivity index (χ4n) is 1.62. The zero-order chi connectivity index (χ0) is 13.7. The van der Waals surface area contributed by atoms with Gasteiger partial charge < -0.3 is 5.73 Å². The molecule has 1 aromatic carbocycles. The highest BCUT2D eigenvalue weighted by molar-refractivity contribution is 6.31. The number of hydrogen-bond acceptors (Lipinski definition) is 4. The molecule has 0 spiro atoms. The molecule has 8 heteroatoms. The number of nitrogen functional groups attached to an aromatic ring is 1. The Hall–Kier alpha value is -2.38. The van der Waals surface area contributed by atoms with Crippen LogP contribution in [-0.4, -0.2) is 28.8 Å². The third-order valence-corrected chi connectivity index (χ3v) is 2.39. The zero-order valence-electron chi connectivity index (χ0n) is 8.62. The van der Waals surface area contributed by atoms with Crippen LogP contribution < -0.4 is 5.73 Å². The number of carbonyl (C=O) groups is 3. The van der Waals surface area contributed by atoms with Gasteiger partial charge in [-0.1, -0.05) is 6.07 Å². The number of hydrogen-bond donors (Lipinski definition) is 1. The highest BCUT2D eigenvalue weighted by Gasteiger charge is 2.51. The van der Waals surface area contributed by atoms with Gasteiger partial charge in [0.25, 0.3) is 11.8 Å². The molecule has 94 valence electrons. The van der Waals surface area contributed by atoms with Gasteiger partial charge in [0.1, 0.15) is 0 Å². The van der Waals surface area contributed by atoms with Crippen molar-refractivity contribution in [3.8, 4) is 0 Å². The largest absolute Gasteiger partial charge is 0.472 e. The van der Waals surface area contributed by atoms with Crippen LogP contribution in [0, 0.1) is 0 Å². The van der Waals surface area contributed by atoms with Crippen LogP contribution in [0.4, 0.5) is 18.9 Å². The molecule has 0 saturated heterocycles. The summed E-state index contributed by atoms with van der Waals surface area (Å²) in [6.45, 7) is 0. The molecule has 0 saturated carbocycles. The van der Waals surface area contributed by atoms with Gasteiger partial charge in [0.15, 0.2) is 0 Å². The lowest BCUT2D eigenvalue weighted by Crippen LogP contribution is -2.44. The summed E-state index contributed by atoms with van der Waals surface area (Å²) >= 11 is 0. The van der Waals surface area contributed by atoms with Crippen molar-refractivity contribution < 1.29 is 27.6 Å². The molecular weight excluding hydrogens is 253 g/mol. The summed E-state index contributed by atoms with van der Waals surface area (Å²) in [5, 5.41) is 0. The lowest BCUT2D eigenvalue weighted by Gasteiger charge is -2.13. The van der Waals surface area contributed by atoms with E-state index >= 15 is 0 Å². The van der Waals surface area contributed by atoms with E-state index in [1.807, 2.05) is 0 Å². The molecule has 1 heterocycles. The number of anilines is 1. The van der Waals surface area contributed by atoms with E-state index < -0.39 is 28.8 Å². The van der Waals surface area contributed by atoms with Gasteiger partial charge in [-0.25, -0.2) is 4.90 Å². The number of carbonyl (C=O) groups excluding carboxylic acids is 3. The van der Waals surface area contributed by atoms with E-state index in [9.17, 15) is 27.6 Å². The van der Waals surface area contributed by atoms with Crippen molar-refractivity contribution >= 4 is 23.4 Å². The summed E-state index contributed by atoms with van der Waals surface area (Å²) in [5.74, 6) is -5.19. The van der Waals surface area contributed by atoms with E-state index in [0.29, 0.717) is 0 Å². The normalized spacial score (nSPS) is 14.9. The Morgan fingerprint density at radius 3 is 2.28 bits per heavy atom. The number of amides is 3. The van der Waals surface area contributed by atoms with E-state index in [4.69, 9.17) is 5.73 Å². The first-order valence-electron chi connectivity index (χ1n) is 4.63. The molecule has 1 aromatic rings. The number of fused-ring (bicyclic) bond motifs is 1. The van der Waals surface area contributed by atoms with Crippen LogP contribution >= 0.6 is 0 Å². The fourth-order valence-corrected chi connectivity index (χ4v) is 1.62. The average Bonchev–Trinajstić information content (AvgIpc) is 2.51. The van der Waals surface area contributed by atoms with E-state index in [1.165, 1.54) is 12.1 Å². The molecule has 0 aliphatic carbocycles. The maximum atomic E-state index is 12.2. The van der Waals surface area contributed by atoms with Crippen molar-refractivity contribution in [3.05, 3.63) is 29.3 Å². The van der Waals surface area contributed by atoms with Gasteiger partial charge in [0, 0.05) is 5.69 Å². The van der Waals surface area contributed by atoms with Crippen LogP contribution in [0.25, 0.3) is 0 Å². The molecular formula is C10H5F3N2O3. The SMILES string of the molecule is Nc1cccc2c1C(=O)N(C(=O)C(F)(F)F)C2=O. The Morgan fingerprint density at radius 2 is 1.78 bits per heavy atom. The van der Waals surface area contributed by atoms with Crippen molar-refractivity contribution in [2.45, 2.75) is 6.18 Å². The molecule has 3 amide bonds. The summed E-state index contributed by atoms with van der Waals surface area (Å²) in [6, 6.07) is 3.70. The van der Waals surface area contributed by atoms with Crippen molar-refractivity contribution in [1.82, 2.24) is 4.90 Å². The number of nitrogens with zero attached hydrogens (tertiary/aromatic N) is 1. The van der Waals surface area contributed by atoms with Gasteiger partial charge >= 0.3 is 12.1 Å². The summed E-state index contributed by atoms with van der Waals surface area (Å²) in [5.41, 5.74) is 4.57. The average molecular weight is 258 g/mol. The second kappa shape index (κ2) is 3.56. The first kappa shape index (κ1) is 12.1. The minimum Gasteiger partial charge on any atom is -0.398 e. The fraction of sp³-hybridized carbons (Fsp3) is 0.100. The van der Waals surface area contributed by atoms with Crippen LogP contribution in [-0.2, 0) is 4.79 Å². The van der Waals surface area contributed by atoms with Crippen LogP contribution in [0.1, 0.15) is 20.7 Å². The van der Waals surface area contributed by atoms with E-state index in [-0.39, 0.29) is 16.8 Å². The Balaban J connectivity index is 2.54. The Labute approximate surface area is 98.0 Å². The van der Waals surface area contributed by atoms with E-state index in [2.05, 4.69) is 0 Å². The quantitative estimate of drug-likeness (QED) is 0.555. The second-order valence-electron chi connectivity index (χ2n) is 3.52. The minimum atomic E-state index is -5.30. The number of halogens is 3. The first-order chi connectivity index (χ1) is 8.25. The van der Waals surface area contributed by atoms with Gasteiger partial charge in [-0.15, -0.1) is 0 Å². The molecule has 0 fully saturated rings. The molecule has 0 radical (unpaired) electrons. The maximum absolute atomic E-state index is 12.2. The highest BCUT2D eigenvalue weighted by atomic mass is 19.4. The van der Waals surface area contributed by atoms with Crippen molar-refractivity contribution in [2.75, 3.05) is 5.73 Å². The molecule has 0 atom stereocenters. The molecule has 18 heavy (non-hydrogen) atoms. The third-order valence-electron chi connectivity index (χ3n) is 2.39. The summed E-state index contributed by atoms with van der Waals surface area (Å²) < 4.78 is 36.7. The van der Waals surface area contributed by atoms with E-state index in [0.717, 1.165) is 6.07 Å². The van der Waals surface area contributed by atoms with Crippen LogP contribution in [0.3, 0.4) is 0 Å². The Bertz CT molecular complexity index is 580. The van der Waals surface area contributed by atoms with Crippen molar-refractivity contribution in [2.24, 2.45) is 0 Å². The smallest absolute Gasteiger partial charge is 0.398 e. The summed E-state index contributed by atoms with van der Waals surface area (Å²) in [7, 11) is 0. The summed E-state index contributed by atoms with van der Waals surface area (Å²) in [4.78, 5) is 33.7. The van der Waals surface area contributed by atoms with Crippen molar-refractivity contribution in [1.29, 1.82) is 0 Å². The van der Waals surface area contributed by atoms with Crippen LogP contribution in [0.2, 0.25) is 0 Å². The number of alkyl halides is 3. The molecule has 0 unspecified atom stereocenters. The lowest BCUT2D eigenvalue weighted by molar-refractivity contribution is -0.179. The molecule has 2 N–H and O–H groups in total. The number of benzene rings is 1. The molecule has 1 aliphatic heterocycles. The Kier molecular flexibility index (Phi) is 2.39. The highest BCUT2D eigenvalue weighted by Crippen LogP contribution is 2.30. The zero-order valence-corrected chi connectivity index (χ0v) is 8.62. The molecule has 5 nitrogen and oxygen atoms in total. The second-order valence-corrected chi connectivity index (χ2v) is 3.52. The van der Waals surface area contributed by atoms with Gasteiger partial charge in [-0.3, -0.25) is 14.4 Å². The topological polar surface area (TPSA) is 80.5 Å². The number of imide groups is 3. The van der Waals surface area contributed by atoms with Crippen LogP contribution in [0.5, 0.6) is 0 Å². The molecule has 2 rings (SSSR count). The van der Waals surface area contributed by atoms with E-state index in [1.54, 1.807) is 0 Å². The predicted molar refractivity (Wildman–Crippen MR) is 52.4 cm³/mol. The number of rotatable bonds is 0. The predicted octanol–water partition coefficient (Wildman–Crippen LogP) is 0.954. The van der Waals surface area contributed by atoms with Crippen LogP contribution in [0.15, 0.2) is 18.2 Å². The molecule has 0 bridgehead atoms. The Morgan fingerprint density at radius 1 is 1.17 bits per heavy atom. The number of nitrogens with two attached hydrogens (primary N) is 1. The summed E-state index contributed by atoms with van der Waals surface area (Å²) in [6.07, 6.45) is -5.30. The minimum absolute atomic E-state index is 0.150. The van der Waals surface area contributed by atoms with Crippen molar-refractivity contribution in [3.63, 3.8) is 0 Å². The van der Waals surface area contributed by atoms with Gasteiger partial charge in [-0.05, 0) is 12.1 Å². The lowest BCUT2D eigenvalue weighted by atomic mass is 10.1. The van der Waals surface area contributed by atoms with Gasteiger partial charge in [0.05, 0.1) is 11.1 Å². The maximum Gasteiger partial charge on any atom is 0.472 e. The van der Waals surface area contributed by atoms with Gasteiger partial charge in [0.2, 0.25) is 0 Å². The standard InChI is InChI=1S/C10H5F3N2O3/c11-10(12,13)9(18)15-7(16)4-2-1-3-5(14)6(4)8(15)17/h1-3H,14H2. The molecule has 0 aromatic heterocycles. The monoisotopic (exact) mass is 258 g/mol. The molecule has 1 aliphatic rings. The van der Waals surface area contributed by atoms with Gasteiger partial charge in [-0.2, -0.15) is 13.2 Å².